The highest BCUT2D eigenvalue weighted by molar-refractivity contribution is 5.74. The van der Waals surface area contributed by atoms with Crippen LogP contribution in [0.1, 0.15) is 51.3 Å². The molecule has 1 amide bonds. The number of aromatic nitrogens is 1. The van der Waals surface area contributed by atoms with Crippen molar-refractivity contribution >= 4 is 11.7 Å². The Morgan fingerprint density at radius 3 is 2.74 bits per heavy atom. The number of nitrogens with zero attached hydrogens (tertiary/aromatic N) is 3. The Bertz CT molecular complexity index is 680. The number of carbonyl (C=O) groups excluding carboxylic acids is 1. The van der Waals surface area contributed by atoms with Gasteiger partial charge in [-0.05, 0) is 57.7 Å². The van der Waals surface area contributed by atoms with Crippen molar-refractivity contribution in [2.45, 2.75) is 57.7 Å². The summed E-state index contributed by atoms with van der Waals surface area (Å²) in [4.78, 5) is 18.7. The van der Waals surface area contributed by atoms with E-state index in [9.17, 15) is 4.79 Å². The molecule has 5 heteroatoms. The standard InChI is InChI=1S/C18H21N3O2/c1-18(2,3)23-17(22)21-14-5-6-15(21)9-13(8-14)16-7-4-12(10-19)11-20-16/h4,7-8,11,14-15H,5-6,9H2,1-3H3. The van der Waals surface area contributed by atoms with Gasteiger partial charge in [-0.3, -0.25) is 9.88 Å². The summed E-state index contributed by atoms with van der Waals surface area (Å²) in [5, 5.41) is 8.86. The van der Waals surface area contributed by atoms with Gasteiger partial charge in [0.1, 0.15) is 11.7 Å². The smallest absolute Gasteiger partial charge is 0.411 e. The summed E-state index contributed by atoms with van der Waals surface area (Å²) in [6, 6.07) is 6.00. The number of hydrogen-bond donors (Lipinski definition) is 0. The Morgan fingerprint density at radius 2 is 2.17 bits per heavy atom. The van der Waals surface area contributed by atoms with E-state index in [1.165, 1.54) is 0 Å². The van der Waals surface area contributed by atoms with Gasteiger partial charge in [-0.15, -0.1) is 0 Å². The lowest BCUT2D eigenvalue weighted by molar-refractivity contribution is 0.0175. The van der Waals surface area contributed by atoms with Gasteiger partial charge in [0.2, 0.25) is 0 Å². The van der Waals surface area contributed by atoms with Gasteiger partial charge < -0.3 is 4.74 Å². The van der Waals surface area contributed by atoms with Crippen molar-refractivity contribution in [3.8, 4) is 6.07 Å². The molecule has 0 aliphatic carbocycles. The van der Waals surface area contributed by atoms with E-state index in [4.69, 9.17) is 10.00 Å². The van der Waals surface area contributed by atoms with Crippen LogP contribution in [0.25, 0.3) is 5.57 Å². The Kier molecular flexibility index (Phi) is 3.85. The van der Waals surface area contributed by atoms with Gasteiger partial charge in [-0.1, -0.05) is 6.08 Å². The molecule has 2 aliphatic heterocycles. The average Bonchev–Trinajstić information content (AvgIpc) is 2.76. The third-order valence-corrected chi connectivity index (χ3v) is 4.22. The second kappa shape index (κ2) is 5.69. The van der Waals surface area contributed by atoms with Crippen LogP contribution in [0.4, 0.5) is 4.79 Å². The minimum atomic E-state index is -0.477. The van der Waals surface area contributed by atoms with E-state index in [2.05, 4.69) is 17.1 Å². The van der Waals surface area contributed by atoms with Crippen molar-refractivity contribution in [3.05, 3.63) is 35.7 Å². The molecule has 0 saturated carbocycles. The van der Waals surface area contributed by atoms with Crippen LogP contribution in [0.5, 0.6) is 0 Å². The highest BCUT2D eigenvalue weighted by Crippen LogP contribution is 2.38. The molecule has 120 valence electrons. The van der Waals surface area contributed by atoms with Gasteiger partial charge >= 0.3 is 6.09 Å². The van der Waals surface area contributed by atoms with E-state index in [1.54, 1.807) is 12.3 Å². The van der Waals surface area contributed by atoms with Crippen LogP contribution in [-0.2, 0) is 4.74 Å². The van der Waals surface area contributed by atoms with Gasteiger partial charge in [0.15, 0.2) is 0 Å². The molecule has 5 nitrogen and oxygen atoms in total. The van der Waals surface area contributed by atoms with E-state index in [1.807, 2.05) is 31.7 Å². The van der Waals surface area contributed by atoms with Crippen LogP contribution in [0.3, 0.4) is 0 Å². The molecule has 1 aromatic rings. The van der Waals surface area contributed by atoms with Crippen LogP contribution in [0.15, 0.2) is 24.4 Å². The van der Waals surface area contributed by atoms with E-state index in [-0.39, 0.29) is 18.2 Å². The summed E-state index contributed by atoms with van der Waals surface area (Å²) in [6.07, 6.45) is 6.23. The minimum absolute atomic E-state index is 0.0797. The third-order valence-electron chi connectivity index (χ3n) is 4.22. The molecule has 1 fully saturated rings. The maximum Gasteiger partial charge on any atom is 0.411 e. The molecule has 2 unspecified atom stereocenters. The zero-order valence-electron chi connectivity index (χ0n) is 13.7. The first-order chi connectivity index (χ1) is 10.9. The number of rotatable bonds is 1. The fourth-order valence-corrected chi connectivity index (χ4v) is 3.27. The number of amides is 1. The number of carbonyl (C=O) groups is 1. The molecule has 0 N–H and O–H groups in total. The molecule has 1 saturated heterocycles. The predicted octanol–water partition coefficient (Wildman–Crippen LogP) is 3.51. The second-order valence-corrected chi connectivity index (χ2v) is 7.13. The van der Waals surface area contributed by atoms with Gasteiger partial charge in [0.25, 0.3) is 0 Å². The summed E-state index contributed by atoms with van der Waals surface area (Å²) < 4.78 is 5.54. The molecule has 0 aromatic carbocycles. The van der Waals surface area contributed by atoms with E-state index in [0.29, 0.717) is 5.56 Å². The number of pyridine rings is 1. The molecule has 1 aromatic heterocycles. The SMILES string of the molecule is CC(C)(C)OC(=O)N1C2C=C(c3ccc(C#N)cn3)CC1CC2. The molecule has 2 atom stereocenters. The number of ether oxygens (including phenoxy) is 1. The van der Waals surface area contributed by atoms with Crippen molar-refractivity contribution in [1.82, 2.24) is 9.88 Å². The Balaban J connectivity index is 1.80. The normalized spacial score (nSPS) is 23.2. The molecule has 3 heterocycles. The zero-order chi connectivity index (χ0) is 16.6. The monoisotopic (exact) mass is 311 g/mol. The number of fused-ring (bicyclic) bond motifs is 2. The summed E-state index contributed by atoms with van der Waals surface area (Å²) in [6.45, 7) is 5.66. The van der Waals surface area contributed by atoms with Gasteiger partial charge in [0.05, 0.1) is 17.3 Å². The van der Waals surface area contributed by atoms with Gasteiger partial charge in [-0.2, -0.15) is 5.26 Å². The Hall–Kier alpha value is -2.35. The van der Waals surface area contributed by atoms with Crippen LogP contribution in [0.2, 0.25) is 0 Å². The Labute approximate surface area is 136 Å². The predicted molar refractivity (Wildman–Crippen MR) is 86.4 cm³/mol. The number of hydrogen-bond acceptors (Lipinski definition) is 4. The quantitative estimate of drug-likeness (QED) is 0.796. The van der Waals surface area contributed by atoms with Crippen molar-refractivity contribution in [2.24, 2.45) is 0 Å². The molecular weight excluding hydrogens is 290 g/mol. The van der Waals surface area contributed by atoms with Crippen molar-refractivity contribution in [2.75, 3.05) is 0 Å². The fourth-order valence-electron chi connectivity index (χ4n) is 3.27. The van der Waals surface area contributed by atoms with E-state index < -0.39 is 5.60 Å². The fraction of sp³-hybridized carbons (Fsp3) is 0.500. The van der Waals surface area contributed by atoms with E-state index in [0.717, 1.165) is 30.5 Å². The van der Waals surface area contributed by atoms with Crippen LogP contribution in [0, 0.1) is 11.3 Å². The molecule has 0 spiro atoms. The number of nitriles is 1. The van der Waals surface area contributed by atoms with Crippen molar-refractivity contribution in [3.63, 3.8) is 0 Å². The zero-order valence-corrected chi connectivity index (χ0v) is 13.7. The third kappa shape index (κ3) is 3.21. The summed E-state index contributed by atoms with van der Waals surface area (Å²) in [5.74, 6) is 0. The van der Waals surface area contributed by atoms with Gasteiger partial charge in [0, 0.05) is 12.2 Å². The first kappa shape index (κ1) is 15.5. The molecule has 23 heavy (non-hydrogen) atoms. The largest absolute Gasteiger partial charge is 0.444 e. The summed E-state index contributed by atoms with van der Waals surface area (Å²) >= 11 is 0. The minimum Gasteiger partial charge on any atom is -0.444 e. The lowest BCUT2D eigenvalue weighted by Gasteiger charge is -2.35. The lowest BCUT2D eigenvalue weighted by atomic mass is 9.98. The highest BCUT2D eigenvalue weighted by atomic mass is 16.6. The second-order valence-electron chi connectivity index (χ2n) is 7.13. The van der Waals surface area contributed by atoms with E-state index >= 15 is 0 Å². The topological polar surface area (TPSA) is 66.2 Å². The summed E-state index contributed by atoms with van der Waals surface area (Å²) in [7, 11) is 0. The van der Waals surface area contributed by atoms with Crippen molar-refractivity contribution in [1.29, 1.82) is 5.26 Å². The lowest BCUT2D eigenvalue weighted by Crippen LogP contribution is -2.45. The van der Waals surface area contributed by atoms with Crippen LogP contribution < -0.4 is 0 Å². The Morgan fingerprint density at radius 1 is 1.39 bits per heavy atom. The average molecular weight is 311 g/mol. The maximum atomic E-state index is 12.4. The first-order valence-electron chi connectivity index (χ1n) is 7.96. The summed E-state index contributed by atoms with van der Waals surface area (Å²) in [5.41, 5.74) is 2.13. The van der Waals surface area contributed by atoms with Crippen molar-refractivity contribution < 1.29 is 9.53 Å². The molecule has 3 rings (SSSR count). The molecular formula is C18H21N3O2. The van der Waals surface area contributed by atoms with Gasteiger partial charge in [-0.25, -0.2) is 4.79 Å². The van der Waals surface area contributed by atoms with Crippen LogP contribution in [-0.4, -0.2) is 33.7 Å². The van der Waals surface area contributed by atoms with Crippen LogP contribution >= 0.6 is 0 Å². The molecule has 2 bridgehead atoms. The first-order valence-corrected chi connectivity index (χ1v) is 7.96. The maximum absolute atomic E-state index is 12.4. The highest BCUT2D eigenvalue weighted by Gasteiger charge is 2.41. The molecule has 0 radical (unpaired) electrons. The molecule has 2 aliphatic rings.